The molecule has 0 aliphatic carbocycles. The fourth-order valence-electron chi connectivity index (χ4n) is 0.539. The monoisotopic (exact) mass is 206 g/mol. The molecule has 0 amide bonds. The van der Waals surface area contributed by atoms with Gasteiger partial charge in [0.25, 0.3) is 0 Å². The summed E-state index contributed by atoms with van der Waals surface area (Å²) in [5.41, 5.74) is 0. The Morgan fingerprint density at radius 3 is 2.83 bits per heavy atom. The standard InChI is InChI=1S/C6H4Cl2N2O2/c1-3(11)12-5-4(7)2-9-6(8)10-5/h2H,1H3. The third-order valence-corrected chi connectivity index (χ3v) is 1.36. The van der Waals surface area contributed by atoms with Crippen LogP contribution >= 0.6 is 23.2 Å². The van der Waals surface area contributed by atoms with Gasteiger partial charge in [0.15, 0.2) is 0 Å². The van der Waals surface area contributed by atoms with Crippen LogP contribution in [0.25, 0.3) is 0 Å². The number of halogens is 2. The molecular weight excluding hydrogens is 203 g/mol. The van der Waals surface area contributed by atoms with E-state index >= 15 is 0 Å². The van der Waals surface area contributed by atoms with Crippen LogP contribution in [0.1, 0.15) is 6.92 Å². The third-order valence-electron chi connectivity index (χ3n) is 0.923. The van der Waals surface area contributed by atoms with E-state index in [1.165, 1.54) is 13.1 Å². The normalized spacial score (nSPS) is 9.58. The molecule has 0 aliphatic heterocycles. The largest absolute Gasteiger partial charge is 0.406 e. The summed E-state index contributed by atoms with van der Waals surface area (Å²) in [4.78, 5) is 17.7. The summed E-state index contributed by atoms with van der Waals surface area (Å²) >= 11 is 11.0. The minimum atomic E-state index is -0.508. The molecule has 1 aromatic heterocycles. The number of rotatable bonds is 1. The van der Waals surface area contributed by atoms with Gasteiger partial charge in [0.05, 0.1) is 6.20 Å². The first kappa shape index (κ1) is 9.22. The molecular formula is C6H4Cl2N2O2. The molecule has 0 aromatic carbocycles. The molecule has 0 radical (unpaired) electrons. The van der Waals surface area contributed by atoms with E-state index in [4.69, 9.17) is 23.2 Å². The van der Waals surface area contributed by atoms with Crippen molar-refractivity contribution >= 4 is 29.2 Å². The molecule has 64 valence electrons. The van der Waals surface area contributed by atoms with Crippen LogP contribution in [0.4, 0.5) is 0 Å². The number of hydrogen-bond donors (Lipinski definition) is 0. The molecule has 0 bridgehead atoms. The molecule has 0 saturated heterocycles. The lowest BCUT2D eigenvalue weighted by Crippen LogP contribution is -2.04. The highest BCUT2D eigenvalue weighted by Gasteiger charge is 2.07. The van der Waals surface area contributed by atoms with Crippen molar-refractivity contribution in [1.82, 2.24) is 9.97 Å². The topological polar surface area (TPSA) is 52.1 Å². The number of ether oxygens (including phenoxy) is 1. The average Bonchev–Trinajstić information content (AvgIpc) is 1.96. The van der Waals surface area contributed by atoms with Crippen molar-refractivity contribution in [2.24, 2.45) is 0 Å². The summed E-state index contributed by atoms with van der Waals surface area (Å²) in [7, 11) is 0. The van der Waals surface area contributed by atoms with E-state index in [-0.39, 0.29) is 16.2 Å². The van der Waals surface area contributed by atoms with Crippen LogP contribution in [0.5, 0.6) is 5.88 Å². The van der Waals surface area contributed by atoms with Gasteiger partial charge in [-0.3, -0.25) is 4.79 Å². The van der Waals surface area contributed by atoms with E-state index in [1.54, 1.807) is 0 Å². The minimum Gasteiger partial charge on any atom is -0.406 e. The number of carbonyl (C=O) groups excluding carboxylic acids is 1. The number of carbonyl (C=O) groups is 1. The summed E-state index contributed by atoms with van der Waals surface area (Å²) in [6.07, 6.45) is 1.26. The van der Waals surface area contributed by atoms with Gasteiger partial charge in [-0.05, 0) is 11.6 Å². The van der Waals surface area contributed by atoms with Crippen LogP contribution in [0.15, 0.2) is 6.20 Å². The van der Waals surface area contributed by atoms with Crippen LogP contribution in [0.2, 0.25) is 10.3 Å². The molecule has 12 heavy (non-hydrogen) atoms. The van der Waals surface area contributed by atoms with E-state index in [0.717, 1.165) is 0 Å². The van der Waals surface area contributed by atoms with Crippen LogP contribution in [-0.4, -0.2) is 15.9 Å². The fourth-order valence-corrected chi connectivity index (χ4v) is 0.794. The van der Waals surface area contributed by atoms with E-state index in [0.29, 0.717) is 0 Å². The highest BCUT2D eigenvalue weighted by atomic mass is 35.5. The predicted octanol–water partition coefficient (Wildman–Crippen LogP) is 1.71. The van der Waals surface area contributed by atoms with Crippen molar-refractivity contribution in [1.29, 1.82) is 0 Å². The zero-order chi connectivity index (χ0) is 9.14. The lowest BCUT2D eigenvalue weighted by atomic mass is 10.6. The Hall–Kier alpha value is -0.870. The smallest absolute Gasteiger partial charge is 0.309 e. The van der Waals surface area contributed by atoms with Crippen molar-refractivity contribution in [2.75, 3.05) is 0 Å². The third kappa shape index (κ3) is 2.32. The average molecular weight is 207 g/mol. The van der Waals surface area contributed by atoms with Gasteiger partial charge < -0.3 is 4.74 Å². The first-order valence-electron chi connectivity index (χ1n) is 2.96. The molecule has 0 saturated carbocycles. The van der Waals surface area contributed by atoms with Gasteiger partial charge in [0.2, 0.25) is 11.2 Å². The summed E-state index contributed by atoms with van der Waals surface area (Å²) < 4.78 is 4.62. The van der Waals surface area contributed by atoms with Crippen LogP contribution in [-0.2, 0) is 4.79 Å². The molecule has 1 rings (SSSR count). The summed E-state index contributed by atoms with van der Waals surface area (Å²) in [6, 6.07) is 0. The first-order valence-corrected chi connectivity index (χ1v) is 3.71. The van der Waals surface area contributed by atoms with Crippen LogP contribution < -0.4 is 4.74 Å². The molecule has 0 aliphatic rings. The van der Waals surface area contributed by atoms with E-state index in [9.17, 15) is 4.79 Å². The summed E-state index contributed by atoms with van der Waals surface area (Å²) in [6.45, 7) is 1.24. The molecule has 6 heteroatoms. The maximum atomic E-state index is 10.5. The highest BCUT2D eigenvalue weighted by Crippen LogP contribution is 2.21. The van der Waals surface area contributed by atoms with Gasteiger partial charge in [-0.1, -0.05) is 11.6 Å². The second kappa shape index (κ2) is 3.69. The van der Waals surface area contributed by atoms with E-state index < -0.39 is 5.97 Å². The first-order chi connectivity index (χ1) is 5.59. The van der Waals surface area contributed by atoms with Gasteiger partial charge in [0.1, 0.15) is 5.02 Å². The van der Waals surface area contributed by atoms with Crippen molar-refractivity contribution in [3.8, 4) is 5.88 Å². The molecule has 4 nitrogen and oxygen atoms in total. The maximum absolute atomic E-state index is 10.5. The van der Waals surface area contributed by atoms with Gasteiger partial charge in [-0.15, -0.1) is 0 Å². The Kier molecular flexibility index (Phi) is 2.83. The van der Waals surface area contributed by atoms with Crippen molar-refractivity contribution in [2.45, 2.75) is 6.92 Å². The maximum Gasteiger partial charge on any atom is 0.309 e. The summed E-state index contributed by atoms with van der Waals surface area (Å²) in [5.74, 6) is -0.532. The Morgan fingerprint density at radius 1 is 1.58 bits per heavy atom. The second-order valence-electron chi connectivity index (χ2n) is 1.89. The zero-order valence-corrected chi connectivity index (χ0v) is 7.56. The number of hydrogen-bond acceptors (Lipinski definition) is 4. The van der Waals surface area contributed by atoms with E-state index in [2.05, 4.69) is 14.7 Å². The minimum absolute atomic E-state index is 0.0179. The van der Waals surface area contributed by atoms with Crippen LogP contribution in [0, 0.1) is 0 Å². The molecule has 0 fully saturated rings. The van der Waals surface area contributed by atoms with Crippen molar-refractivity contribution < 1.29 is 9.53 Å². The number of nitrogens with zero attached hydrogens (tertiary/aromatic N) is 2. The van der Waals surface area contributed by atoms with Crippen LogP contribution in [0.3, 0.4) is 0 Å². The lowest BCUT2D eigenvalue weighted by Gasteiger charge is -2.00. The molecule has 0 atom stereocenters. The highest BCUT2D eigenvalue weighted by molar-refractivity contribution is 6.32. The van der Waals surface area contributed by atoms with Gasteiger partial charge in [-0.2, -0.15) is 4.98 Å². The fraction of sp³-hybridized carbons (Fsp3) is 0.167. The Labute approximate surface area is 78.5 Å². The van der Waals surface area contributed by atoms with Gasteiger partial charge >= 0.3 is 5.97 Å². The Morgan fingerprint density at radius 2 is 2.25 bits per heavy atom. The van der Waals surface area contributed by atoms with E-state index in [1.807, 2.05) is 0 Å². The lowest BCUT2D eigenvalue weighted by molar-refractivity contribution is -0.132. The van der Waals surface area contributed by atoms with Gasteiger partial charge in [0, 0.05) is 6.92 Å². The predicted molar refractivity (Wildman–Crippen MR) is 43.4 cm³/mol. The van der Waals surface area contributed by atoms with Crippen molar-refractivity contribution in [3.05, 3.63) is 16.5 Å². The quantitative estimate of drug-likeness (QED) is 0.519. The molecule has 0 N–H and O–H groups in total. The Balaban J connectivity index is 2.97. The number of aromatic nitrogens is 2. The van der Waals surface area contributed by atoms with Gasteiger partial charge in [-0.25, -0.2) is 4.98 Å². The SMILES string of the molecule is CC(=O)Oc1nc(Cl)ncc1Cl. The summed E-state index contributed by atoms with van der Waals surface area (Å²) in [5, 5.41) is 0.130. The zero-order valence-electron chi connectivity index (χ0n) is 6.04. The molecule has 1 heterocycles. The Bertz CT molecular complexity index is 316. The molecule has 1 aromatic rings. The molecule has 0 spiro atoms. The second-order valence-corrected chi connectivity index (χ2v) is 2.63. The van der Waals surface area contributed by atoms with Crippen molar-refractivity contribution in [3.63, 3.8) is 0 Å². The number of esters is 1. The molecule has 0 unspecified atom stereocenters.